The van der Waals surface area contributed by atoms with Crippen molar-refractivity contribution < 1.29 is 13.2 Å². The molecule has 1 N–H and O–H groups in total. The van der Waals surface area contributed by atoms with Crippen LogP contribution in [-0.4, -0.2) is 36.0 Å². The molecule has 0 aliphatic heterocycles. The second kappa shape index (κ2) is 10.00. The predicted octanol–water partition coefficient (Wildman–Crippen LogP) is 5.98. The number of hydrogen-bond acceptors (Lipinski definition) is 4. The maximum atomic E-state index is 12.9. The number of aromatic nitrogens is 1. The second-order valence-corrected chi connectivity index (χ2v) is 7.17. The van der Waals surface area contributed by atoms with Crippen LogP contribution in [-0.2, 0) is 6.18 Å². The summed E-state index contributed by atoms with van der Waals surface area (Å²) >= 11 is 11.7. The van der Waals surface area contributed by atoms with Crippen molar-refractivity contribution >= 4 is 51.7 Å². The van der Waals surface area contributed by atoms with Crippen LogP contribution in [0, 0.1) is 0 Å². The summed E-state index contributed by atoms with van der Waals surface area (Å²) in [5, 5.41) is 4.75. The average molecular weight is 455 g/mol. The van der Waals surface area contributed by atoms with Crippen molar-refractivity contribution in [1.82, 2.24) is 4.98 Å². The number of anilines is 2. The van der Waals surface area contributed by atoms with Gasteiger partial charge in [0, 0.05) is 42.1 Å². The van der Waals surface area contributed by atoms with Gasteiger partial charge in [-0.15, -0.1) is 23.2 Å². The first-order chi connectivity index (χ1) is 14.4. The minimum atomic E-state index is -4.41. The van der Waals surface area contributed by atoms with E-state index >= 15 is 0 Å². The molecule has 1 aromatic heterocycles. The number of nitrogens with zero attached hydrogens (tertiary/aromatic N) is 3. The molecule has 2 aromatic carbocycles. The molecule has 0 saturated heterocycles. The molecule has 0 unspecified atom stereocenters. The van der Waals surface area contributed by atoms with Gasteiger partial charge < -0.3 is 4.90 Å². The third kappa shape index (κ3) is 5.55. The molecule has 30 heavy (non-hydrogen) atoms. The Morgan fingerprint density at radius 1 is 1.00 bits per heavy atom. The molecule has 0 spiro atoms. The average Bonchev–Trinajstić information content (AvgIpc) is 2.73. The minimum Gasteiger partial charge on any atom is -0.369 e. The van der Waals surface area contributed by atoms with Crippen LogP contribution >= 0.6 is 23.2 Å². The van der Waals surface area contributed by atoms with E-state index in [0.717, 1.165) is 23.4 Å². The van der Waals surface area contributed by atoms with Crippen molar-refractivity contribution in [2.45, 2.75) is 6.18 Å². The maximum absolute atomic E-state index is 12.9. The maximum Gasteiger partial charge on any atom is 0.416 e. The number of nitrogens with one attached hydrogen (secondary N) is 1. The summed E-state index contributed by atoms with van der Waals surface area (Å²) in [6.45, 7) is 1.41. The van der Waals surface area contributed by atoms with Crippen molar-refractivity contribution in [3.63, 3.8) is 0 Å². The first-order valence-corrected chi connectivity index (χ1v) is 10.2. The number of fused-ring (bicyclic) bond motifs is 1. The first-order valence-electron chi connectivity index (χ1n) is 9.14. The molecule has 0 fully saturated rings. The van der Waals surface area contributed by atoms with Crippen LogP contribution < -0.4 is 10.3 Å². The van der Waals surface area contributed by atoms with E-state index < -0.39 is 11.7 Å². The summed E-state index contributed by atoms with van der Waals surface area (Å²) < 4.78 is 38.7. The number of rotatable bonds is 8. The van der Waals surface area contributed by atoms with Gasteiger partial charge in [0.15, 0.2) is 0 Å². The zero-order valence-electron chi connectivity index (χ0n) is 15.8. The lowest BCUT2D eigenvalue weighted by Gasteiger charge is -2.22. The number of benzene rings is 2. The molecule has 3 aromatic rings. The van der Waals surface area contributed by atoms with E-state index in [2.05, 4.69) is 20.4 Å². The van der Waals surface area contributed by atoms with Gasteiger partial charge in [-0.25, -0.2) is 0 Å². The van der Waals surface area contributed by atoms with E-state index in [1.165, 1.54) is 12.3 Å². The van der Waals surface area contributed by atoms with Crippen LogP contribution in [0.4, 0.5) is 24.5 Å². The van der Waals surface area contributed by atoms with Crippen LogP contribution in [0.2, 0.25) is 0 Å². The fraction of sp³-hybridized carbons (Fsp3) is 0.238. The number of hydrogen-bond donors (Lipinski definition) is 1. The standard InChI is InChI=1S/C21H19Cl2F3N4/c22-8-11-30(12-9-23)17-4-1-15(2-5-17)14-28-29-19-7-10-27-20-13-16(21(24,25)26)3-6-18(19)20/h1-7,10,13-14H,8-9,11-12H2,(H,27,29)/b28-14+. The SMILES string of the molecule is FC(F)(F)c1ccc2c(N/N=C/c3ccc(N(CCCl)CCCl)cc3)ccnc2c1. The van der Waals surface area contributed by atoms with Gasteiger partial charge in [-0.3, -0.25) is 10.4 Å². The summed E-state index contributed by atoms with van der Waals surface area (Å²) in [7, 11) is 0. The molecule has 3 rings (SSSR count). The Labute approximate surface area is 182 Å². The van der Waals surface area contributed by atoms with Crippen molar-refractivity contribution in [2.24, 2.45) is 5.10 Å². The van der Waals surface area contributed by atoms with Gasteiger partial charge in [-0.05, 0) is 35.9 Å². The molecule has 0 atom stereocenters. The van der Waals surface area contributed by atoms with Crippen molar-refractivity contribution in [3.8, 4) is 0 Å². The zero-order chi connectivity index (χ0) is 21.6. The molecular formula is C21H19Cl2F3N4. The number of alkyl halides is 5. The van der Waals surface area contributed by atoms with Gasteiger partial charge in [0.2, 0.25) is 0 Å². The summed E-state index contributed by atoms with van der Waals surface area (Å²) in [6.07, 6.45) is -1.34. The highest BCUT2D eigenvalue weighted by atomic mass is 35.5. The monoisotopic (exact) mass is 454 g/mol. The number of hydrazone groups is 1. The first kappa shape index (κ1) is 22.2. The highest BCUT2D eigenvalue weighted by Gasteiger charge is 2.30. The molecule has 0 aliphatic rings. The Bertz CT molecular complexity index is 1000. The fourth-order valence-electron chi connectivity index (χ4n) is 2.94. The van der Waals surface area contributed by atoms with Crippen molar-refractivity contribution in [2.75, 3.05) is 35.2 Å². The highest BCUT2D eigenvalue weighted by molar-refractivity contribution is 6.18. The van der Waals surface area contributed by atoms with Crippen molar-refractivity contribution in [3.05, 3.63) is 65.9 Å². The summed E-state index contributed by atoms with van der Waals surface area (Å²) in [5.74, 6) is 1.02. The fourth-order valence-corrected chi connectivity index (χ4v) is 3.35. The Hall–Kier alpha value is -2.51. The molecule has 0 aliphatic carbocycles. The normalized spacial score (nSPS) is 11.9. The van der Waals surface area contributed by atoms with E-state index in [0.29, 0.717) is 35.9 Å². The summed E-state index contributed by atoms with van der Waals surface area (Å²) in [6, 6.07) is 12.8. The largest absolute Gasteiger partial charge is 0.416 e. The summed E-state index contributed by atoms with van der Waals surface area (Å²) in [4.78, 5) is 6.12. The lowest BCUT2D eigenvalue weighted by molar-refractivity contribution is -0.137. The molecule has 0 amide bonds. The Kier molecular flexibility index (Phi) is 7.39. The van der Waals surface area contributed by atoms with Gasteiger partial charge in [0.1, 0.15) is 0 Å². The molecule has 0 radical (unpaired) electrons. The predicted molar refractivity (Wildman–Crippen MR) is 118 cm³/mol. The van der Waals surface area contributed by atoms with Crippen LogP contribution in [0.5, 0.6) is 0 Å². The van der Waals surface area contributed by atoms with Crippen LogP contribution in [0.3, 0.4) is 0 Å². The van der Waals surface area contributed by atoms with Gasteiger partial charge >= 0.3 is 6.18 Å². The lowest BCUT2D eigenvalue weighted by Crippen LogP contribution is -2.27. The third-order valence-electron chi connectivity index (χ3n) is 4.44. The van der Waals surface area contributed by atoms with E-state index in [4.69, 9.17) is 23.2 Å². The molecule has 9 heteroatoms. The molecular weight excluding hydrogens is 436 g/mol. The van der Waals surface area contributed by atoms with Gasteiger partial charge in [0.05, 0.1) is 23.0 Å². The molecule has 1 heterocycles. The smallest absolute Gasteiger partial charge is 0.369 e. The number of pyridine rings is 1. The topological polar surface area (TPSA) is 40.5 Å². The molecule has 0 bridgehead atoms. The van der Waals surface area contributed by atoms with Crippen LogP contribution in [0.15, 0.2) is 59.8 Å². The Balaban J connectivity index is 1.73. The minimum absolute atomic E-state index is 0.244. The van der Waals surface area contributed by atoms with Crippen molar-refractivity contribution in [1.29, 1.82) is 0 Å². The Morgan fingerprint density at radius 3 is 2.33 bits per heavy atom. The van der Waals surface area contributed by atoms with E-state index in [9.17, 15) is 13.2 Å². The van der Waals surface area contributed by atoms with E-state index in [1.807, 2.05) is 24.3 Å². The zero-order valence-corrected chi connectivity index (χ0v) is 17.3. The lowest BCUT2D eigenvalue weighted by atomic mass is 10.1. The molecule has 4 nitrogen and oxygen atoms in total. The third-order valence-corrected chi connectivity index (χ3v) is 4.77. The van der Waals surface area contributed by atoms with E-state index in [1.54, 1.807) is 12.3 Å². The second-order valence-electron chi connectivity index (χ2n) is 6.41. The van der Waals surface area contributed by atoms with E-state index in [-0.39, 0.29) is 5.52 Å². The molecule has 158 valence electrons. The Morgan fingerprint density at radius 2 is 1.70 bits per heavy atom. The highest BCUT2D eigenvalue weighted by Crippen LogP contribution is 2.32. The quantitative estimate of drug-likeness (QED) is 0.258. The van der Waals surface area contributed by atoms with Crippen LogP contribution in [0.25, 0.3) is 10.9 Å². The van der Waals surface area contributed by atoms with Gasteiger partial charge in [-0.2, -0.15) is 18.3 Å². The van der Waals surface area contributed by atoms with Gasteiger partial charge in [0.25, 0.3) is 0 Å². The molecule has 0 saturated carbocycles. The van der Waals surface area contributed by atoms with Gasteiger partial charge in [-0.1, -0.05) is 18.2 Å². The number of halogens is 5. The summed E-state index contributed by atoms with van der Waals surface area (Å²) in [5.41, 5.74) is 4.83. The van der Waals surface area contributed by atoms with Crippen LogP contribution in [0.1, 0.15) is 11.1 Å².